The van der Waals surface area contributed by atoms with E-state index < -0.39 is 0 Å². The Morgan fingerprint density at radius 1 is 1.31 bits per heavy atom. The second-order valence-corrected chi connectivity index (χ2v) is 2.92. The Labute approximate surface area is 79.7 Å². The average molecular weight is 173 g/mol. The number of aryl methyl sites for hydroxylation is 1. The molecule has 0 amide bonds. The number of nitrogens with zero attached hydrogens (tertiary/aromatic N) is 1. The number of aromatic nitrogens is 1. The Kier molecular flexibility index (Phi) is 3.83. The summed E-state index contributed by atoms with van der Waals surface area (Å²) < 4.78 is 2.15. The van der Waals surface area contributed by atoms with Gasteiger partial charge in [0, 0.05) is 18.9 Å². The maximum atomic E-state index is 3.94. The van der Waals surface area contributed by atoms with Gasteiger partial charge in [-0.2, -0.15) is 0 Å². The fourth-order valence-electron chi connectivity index (χ4n) is 1.08. The predicted octanol–water partition coefficient (Wildman–Crippen LogP) is 3.18. The first-order valence-electron chi connectivity index (χ1n) is 4.40. The van der Waals surface area contributed by atoms with Crippen molar-refractivity contribution in [3.63, 3.8) is 0 Å². The molecule has 0 radical (unpaired) electrons. The van der Waals surface area contributed by atoms with Crippen LogP contribution in [-0.4, -0.2) is 4.57 Å². The summed E-state index contributed by atoms with van der Waals surface area (Å²) in [5, 5.41) is 0. The first-order chi connectivity index (χ1) is 6.33. The van der Waals surface area contributed by atoms with Crippen molar-refractivity contribution in [2.24, 2.45) is 0 Å². The van der Waals surface area contributed by atoms with Gasteiger partial charge in [-0.05, 0) is 18.6 Å². The molecule has 0 aromatic carbocycles. The minimum atomic E-state index is 0.985. The van der Waals surface area contributed by atoms with Gasteiger partial charge in [0.15, 0.2) is 0 Å². The quantitative estimate of drug-likeness (QED) is 0.603. The molecule has 0 bridgehead atoms. The van der Waals surface area contributed by atoms with Crippen LogP contribution in [0.2, 0.25) is 0 Å². The van der Waals surface area contributed by atoms with Gasteiger partial charge < -0.3 is 4.57 Å². The molecule has 0 N–H and O–H groups in total. The number of allylic oxidation sites excluding steroid dienone is 4. The van der Waals surface area contributed by atoms with Crippen LogP contribution in [-0.2, 0) is 6.54 Å². The van der Waals surface area contributed by atoms with Gasteiger partial charge in [0.2, 0.25) is 0 Å². The van der Waals surface area contributed by atoms with Crippen LogP contribution in [0, 0.1) is 0 Å². The van der Waals surface area contributed by atoms with Gasteiger partial charge in [0.05, 0.1) is 0 Å². The van der Waals surface area contributed by atoms with Crippen LogP contribution in [0.4, 0.5) is 0 Å². The lowest BCUT2D eigenvalue weighted by molar-refractivity contribution is 0.704. The fraction of sp³-hybridized carbons (Fsp3) is 0.167. The first-order valence-corrected chi connectivity index (χ1v) is 4.40. The average Bonchev–Trinajstić information content (AvgIpc) is 2.64. The van der Waals surface area contributed by atoms with Crippen molar-refractivity contribution in [1.29, 1.82) is 0 Å². The van der Waals surface area contributed by atoms with Crippen LogP contribution in [0.1, 0.15) is 6.42 Å². The molecule has 13 heavy (non-hydrogen) atoms. The Morgan fingerprint density at radius 2 is 2.00 bits per heavy atom. The molecule has 1 aromatic rings. The standard InChI is InChI=1S/C12H15N/c1-3-4-7-12(2)8-11-13-9-5-6-10-13/h3-7,9-10H,1-2,8,11H2. The maximum absolute atomic E-state index is 3.94. The van der Waals surface area contributed by atoms with Crippen LogP contribution >= 0.6 is 0 Å². The van der Waals surface area contributed by atoms with Crippen molar-refractivity contribution >= 4 is 0 Å². The van der Waals surface area contributed by atoms with E-state index in [1.807, 2.05) is 24.3 Å². The monoisotopic (exact) mass is 173 g/mol. The lowest BCUT2D eigenvalue weighted by Gasteiger charge is -2.01. The molecule has 0 aliphatic carbocycles. The summed E-state index contributed by atoms with van der Waals surface area (Å²) >= 11 is 0. The summed E-state index contributed by atoms with van der Waals surface area (Å²) in [6, 6.07) is 4.06. The molecule has 0 unspecified atom stereocenters. The summed E-state index contributed by atoms with van der Waals surface area (Å²) in [5.41, 5.74) is 1.13. The van der Waals surface area contributed by atoms with Crippen molar-refractivity contribution in [3.8, 4) is 0 Å². The molecule has 1 heteroatoms. The minimum Gasteiger partial charge on any atom is -0.354 e. The molecule has 68 valence electrons. The van der Waals surface area contributed by atoms with Gasteiger partial charge in [0.1, 0.15) is 0 Å². The van der Waals surface area contributed by atoms with Crippen LogP contribution in [0.25, 0.3) is 0 Å². The molecule has 0 saturated heterocycles. The fourth-order valence-corrected chi connectivity index (χ4v) is 1.08. The molecule has 0 fully saturated rings. The highest BCUT2D eigenvalue weighted by atomic mass is 14.9. The molecule has 1 rings (SSSR count). The second-order valence-electron chi connectivity index (χ2n) is 2.92. The summed E-state index contributed by atoms with van der Waals surface area (Å²) in [5.74, 6) is 0. The smallest absolute Gasteiger partial charge is 0.0259 e. The van der Waals surface area contributed by atoms with Gasteiger partial charge in [-0.1, -0.05) is 37.0 Å². The molecule has 1 nitrogen and oxygen atoms in total. The van der Waals surface area contributed by atoms with Crippen molar-refractivity contribution in [2.45, 2.75) is 13.0 Å². The van der Waals surface area contributed by atoms with E-state index >= 15 is 0 Å². The molecule has 0 saturated carbocycles. The van der Waals surface area contributed by atoms with Gasteiger partial charge in [-0.3, -0.25) is 0 Å². The molecule has 0 aliphatic heterocycles. The number of hydrogen-bond donors (Lipinski definition) is 0. The van der Waals surface area contributed by atoms with E-state index in [-0.39, 0.29) is 0 Å². The molecular weight excluding hydrogens is 158 g/mol. The van der Waals surface area contributed by atoms with Crippen molar-refractivity contribution in [1.82, 2.24) is 4.57 Å². The second kappa shape index (κ2) is 5.20. The third-order valence-electron chi connectivity index (χ3n) is 1.83. The molecular formula is C12H15N. The molecule has 0 spiro atoms. The lowest BCUT2D eigenvalue weighted by Crippen LogP contribution is -1.93. The van der Waals surface area contributed by atoms with E-state index in [9.17, 15) is 0 Å². The number of hydrogen-bond acceptors (Lipinski definition) is 0. The van der Waals surface area contributed by atoms with Gasteiger partial charge in [-0.25, -0.2) is 0 Å². The summed E-state index contributed by atoms with van der Waals surface area (Å²) in [7, 11) is 0. The van der Waals surface area contributed by atoms with Gasteiger partial charge >= 0.3 is 0 Å². The Hall–Kier alpha value is -1.50. The SMILES string of the molecule is C=CC=CC(=C)CCn1cccc1. The lowest BCUT2D eigenvalue weighted by atomic mass is 10.2. The Morgan fingerprint density at radius 3 is 2.62 bits per heavy atom. The molecule has 1 heterocycles. The Balaban J connectivity index is 2.31. The van der Waals surface area contributed by atoms with E-state index in [2.05, 4.69) is 30.1 Å². The van der Waals surface area contributed by atoms with Crippen LogP contribution < -0.4 is 0 Å². The maximum Gasteiger partial charge on any atom is 0.0259 e. The third kappa shape index (κ3) is 3.61. The van der Waals surface area contributed by atoms with Crippen LogP contribution in [0.15, 0.2) is 61.5 Å². The van der Waals surface area contributed by atoms with Crippen molar-refractivity contribution < 1.29 is 0 Å². The molecule has 0 aliphatic rings. The highest BCUT2D eigenvalue weighted by Crippen LogP contribution is 2.03. The third-order valence-corrected chi connectivity index (χ3v) is 1.83. The predicted molar refractivity (Wildman–Crippen MR) is 57.5 cm³/mol. The summed E-state index contributed by atoms with van der Waals surface area (Å²) in [4.78, 5) is 0. The minimum absolute atomic E-state index is 0.985. The largest absolute Gasteiger partial charge is 0.354 e. The molecule has 1 aromatic heterocycles. The van der Waals surface area contributed by atoms with Crippen molar-refractivity contribution in [3.05, 3.63) is 61.5 Å². The zero-order valence-corrected chi connectivity index (χ0v) is 7.82. The summed E-state index contributed by atoms with van der Waals surface area (Å²) in [6.07, 6.45) is 10.8. The van der Waals surface area contributed by atoms with E-state index in [0.29, 0.717) is 0 Å². The van der Waals surface area contributed by atoms with Crippen LogP contribution in [0.3, 0.4) is 0 Å². The summed E-state index contributed by atoms with van der Waals surface area (Å²) in [6.45, 7) is 8.55. The Bertz CT molecular complexity index is 291. The highest BCUT2D eigenvalue weighted by Gasteiger charge is 1.90. The van der Waals surface area contributed by atoms with Crippen LogP contribution in [0.5, 0.6) is 0 Å². The topological polar surface area (TPSA) is 4.93 Å². The van der Waals surface area contributed by atoms with Crippen molar-refractivity contribution in [2.75, 3.05) is 0 Å². The first kappa shape index (κ1) is 9.59. The van der Waals surface area contributed by atoms with Gasteiger partial charge in [-0.15, -0.1) is 0 Å². The van der Waals surface area contributed by atoms with E-state index in [1.165, 1.54) is 0 Å². The number of rotatable bonds is 5. The van der Waals surface area contributed by atoms with E-state index in [4.69, 9.17) is 0 Å². The zero-order valence-electron chi connectivity index (χ0n) is 7.82. The van der Waals surface area contributed by atoms with Gasteiger partial charge in [0.25, 0.3) is 0 Å². The van der Waals surface area contributed by atoms with E-state index in [1.54, 1.807) is 6.08 Å². The molecule has 0 atom stereocenters. The zero-order chi connectivity index (χ0) is 9.52. The normalized spacial score (nSPS) is 10.5. The highest BCUT2D eigenvalue weighted by molar-refractivity contribution is 5.17. The van der Waals surface area contributed by atoms with E-state index in [0.717, 1.165) is 18.5 Å².